The number of nitrogens with two attached hydrogens (primary N) is 2. The first-order valence-corrected chi connectivity index (χ1v) is 10.9. The van der Waals surface area contributed by atoms with Crippen LogP contribution in [-0.4, -0.2) is 43.1 Å². The summed E-state index contributed by atoms with van der Waals surface area (Å²) in [6.45, 7) is 8.69. The van der Waals surface area contributed by atoms with E-state index in [0.29, 0.717) is 32.2 Å². The van der Waals surface area contributed by atoms with E-state index in [1.165, 1.54) is 12.8 Å². The summed E-state index contributed by atoms with van der Waals surface area (Å²) < 4.78 is 0. The van der Waals surface area contributed by atoms with Crippen LogP contribution in [0.3, 0.4) is 0 Å². The highest BCUT2D eigenvalue weighted by Gasteiger charge is 2.21. The molecule has 0 rings (SSSR count). The molecule has 0 aliphatic rings. The monoisotopic (exact) mass is 416 g/mol. The second kappa shape index (κ2) is 26.0. The van der Waals surface area contributed by atoms with Crippen molar-refractivity contribution < 1.29 is 19.2 Å². The van der Waals surface area contributed by atoms with Gasteiger partial charge in [-0.25, -0.2) is 0 Å². The number of carbonyl (C=O) groups excluding carboxylic acids is 4. The number of amides is 3. The third-order valence-corrected chi connectivity index (χ3v) is 3.94. The Morgan fingerprint density at radius 1 is 0.931 bits per heavy atom. The minimum Gasteiger partial charge on any atom is -0.368 e. The third-order valence-electron chi connectivity index (χ3n) is 3.94. The zero-order valence-corrected chi connectivity index (χ0v) is 18.9. The SMILES string of the molecule is CC.CCCCC(N)C(=O)NC(CCCCNC=O)C(N)=O.CCCCCC=O. The molecule has 0 bridgehead atoms. The molecule has 0 saturated carbocycles. The number of aldehydes is 1. The van der Waals surface area contributed by atoms with Crippen LogP contribution in [0.1, 0.15) is 91.9 Å². The number of hydrogen-bond acceptors (Lipinski definition) is 5. The second-order valence-corrected chi connectivity index (χ2v) is 6.44. The number of hydrogen-bond donors (Lipinski definition) is 4. The number of rotatable bonds is 16. The Balaban J connectivity index is -0.000000629. The summed E-state index contributed by atoms with van der Waals surface area (Å²) in [7, 11) is 0. The van der Waals surface area contributed by atoms with Crippen LogP contribution in [0.25, 0.3) is 0 Å². The van der Waals surface area contributed by atoms with Gasteiger partial charge in [0.1, 0.15) is 12.3 Å². The molecule has 0 fully saturated rings. The van der Waals surface area contributed by atoms with Crippen molar-refractivity contribution in [1.29, 1.82) is 0 Å². The number of primary amides is 1. The Morgan fingerprint density at radius 2 is 1.55 bits per heavy atom. The van der Waals surface area contributed by atoms with Gasteiger partial charge in [-0.1, -0.05) is 53.4 Å². The Labute approximate surface area is 176 Å². The standard InChI is InChI=1S/C13H26N4O3.C6H12O.C2H6/c1-2-3-6-10(14)13(20)17-11(12(15)19)7-4-5-8-16-9-18;1-2-3-4-5-6-7;1-2/h9-11H,2-8,14H2,1H3,(H2,15,19)(H,16,18)(H,17,20);6H,2-5H2,1H3;1-2H3. The highest BCUT2D eigenvalue weighted by molar-refractivity contribution is 5.88. The number of nitrogens with one attached hydrogen (secondary N) is 2. The summed E-state index contributed by atoms with van der Waals surface area (Å²) in [6.07, 6.45) is 10.1. The summed E-state index contributed by atoms with van der Waals surface area (Å²) >= 11 is 0. The average Bonchev–Trinajstić information content (AvgIpc) is 2.73. The molecule has 0 aromatic heterocycles. The third kappa shape index (κ3) is 24.0. The molecule has 0 heterocycles. The second-order valence-electron chi connectivity index (χ2n) is 6.44. The molecule has 2 atom stereocenters. The van der Waals surface area contributed by atoms with Gasteiger partial charge in [-0.15, -0.1) is 0 Å². The van der Waals surface area contributed by atoms with E-state index in [2.05, 4.69) is 17.6 Å². The van der Waals surface area contributed by atoms with Crippen LogP contribution in [0.4, 0.5) is 0 Å². The van der Waals surface area contributed by atoms with E-state index in [9.17, 15) is 19.2 Å². The van der Waals surface area contributed by atoms with Crippen molar-refractivity contribution in [3.8, 4) is 0 Å². The van der Waals surface area contributed by atoms with E-state index in [-0.39, 0.29) is 5.91 Å². The topological polar surface area (TPSA) is 144 Å². The first-order chi connectivity index (χ1) is 13.9. The fraction of sp³-hybridized carbons (Fsp3) is 0.810. The summed E-state index contributed by atoms with van der Waals surface area (Å²) in [6, 6.07) is -1.31. The Hall–Kier alpha value is -1.96. The van der Waals surface area contributed by atoms with Gasteiger partial charge in [-0.05, 0) is 32.1 Å². The summed E-state index contributed by atoms with van der Waals surface area (Å²) in [5, 5.41) is 5.12. The molecule has 0 radical (unpaired) electrons. The molecule has 0 aliphatic carbocycles. The van der Waals surface area contributed by atoms with Gasteiger partial charge in [-0.3, -0.25) is 14.4 Å². The molecule has 8 nitrogen and oxygen atoms in total. The van der Waals surface area contributed by atoms with Crippen LogP contribution >= 0.6 is 0 Å². The number of carbonyl (C=O) groups is 4. The lowest BCUT2D eigenvalue weighted by Crippen LogP contribution is -2.50. The molecule has 0 aromatic carbocycles. The summed E-state index contributed by atoms with van der Waals surface area (Å²) in [5.41, 5.74) is 11.0. The van der Waals surface area contributed by atoms with Gasteiger partial charge < -0.3 is 26.9 Å². The van der Waals surface area contributed by atoms with E-state index in [1.807, 2.05) is 20.8 Å². The Kier molecular flexibility index (Phi) is 28.5. The van der Waals surface area contributed by atoms with Gasteiger partial charge in [0.25, 0.3) is 0 Å². The van der Waals surface area contributed by atoms with E-state index in [4.69, 9.17) is 11.5 Å². The van der Waals surface area contributed by atoms with Crippen molar-refractivity contribution in [3.63, 3.8) is 0 Å². The zero-order valence-electron chi connectivity index (χ0n) is 18.9. The molecule has 0 aliphatic heterocycles. The highest BCUT2D eigenvalue weighted by atomic mass is 16.2. The fourth-order valence-corrected chi connectivity index (χ4v) is 2.23. The molecule has 6 N–H and O–H groups in total. The van der Waals surface area contributed by atoms with Gasteiger partial charge in [0.15, 0.2) is 0 Å². The molecular weight excluding hydrogens is 372 g/mol. The first-order valence-electron chi connectivity index (χ1n) is 10.9. The lowest BCUT2D eigenvalue weighted by Gasteiger charge is -2.18. The van der Waals surface area contributed by atoms with Gasteiger partial charge in [0.05, 0.1) is 6.04 Å². The predicted molar refractivity (Wildman–Crippen MR) is 118 cm³/mol. The van der Waals surface area contributed by atoms with Gasteiger partial charge in [0, 0.05) is 13.0 Å². The van der Waals surface area contributed by atoms with Crippen LogP contribution in [0.15, 0.2) is 0 Å². The van der Waals surface area contributed by atoms with Crippen LogP contribution in [-0.2, 0) is 19.2 Å². The molecule has 3 amide bonds. The van der Waals surface area contributed by atoms with E-state index in [1.54, 1.807) is 0 Å². The molecule has 0 aromatic rings. The maximum atomic E-state index is 11.8. The number of unbranched alkanes of at least 4 members (excludes halogenated alkanes) is 5. The largest absolute Gasteiger partial charge is 0.368 e. The fourth-order valence-electron chi connectivity index (χ4n) is 2.23. The average molecular weight is 417 g/mol. The van der Waals surface area contributed by atoms with Crippen LogP contribution < -0.4 is 22.1 Å². The maximum Gasteiger partial charge on any atom is 0.240 e. The minimum absolute atomic E-state index is 0.340. The summed E-state index contributed by atoms with van der Waals surface area (Å²) in [5.74, 6) is -0.905. The van der Waals surface area contributed by atoms with Crippen molar-refractivity contribution in [1.82, 2.24) is 10.6 Å². The lowest BCUT2D eigenvalue weighted by atomic mass is 10.1. The van der Waals surface area contributed by atoms with Crippen molar-refractivity contribution in [2.45, 2.75) is 104 Å². The molecule has 8 heteroatoms. The van der Waals surface area contributed by atoms with Crippen LogP contribution in [0, 0.1) is 0 Å². The summed E-state index contributed by atoms with van der Waals surface area (Å²) in [4.78, 5) is 42.8. The van der Waals surface area contributed by atoms with Gasteiger partial charge >= 0.3 is 0 Å². The minimum atomic E-state index is -0.702. The highest BCUT2D eigenvalue weighted by Crippen LogP contribution is 2.03. The molecule has 0 saturated heterocycles. The van der Waals surface area contributed by atoms with Gasteiger partial charge in [-0.2, -0.15) is 0 Å². The van der Waals surface area contributed by atoms with Crippen LogP contribution in [0.2, 0.25) is 0 Å². The lowest BCUT2D eigenvalue weighted by molar-refractivity contribution is -0.128. The molecule has 172 valence electrons. The molecule has 2 unspecified atom stereocenters. The predicted octanol–water partition coefficient (Wildman–Crippen LogP) is 2.18. The van der Waals surface area contributed by atoms with Crippen molar-refractivity contribution in [2.24, 2.45) is 11.5 Å². The smallest absolute Gasteiger partial charge is 0.240 e. The normalized spacial score (nSPS) is 11.5. The van der Waals surface area contributed by atoms with E-state index >= 15 is 0 Å². The van der Waals surface area contributed by atoms with Gasteiger partial charge in [0.2, 0.25) is 18.2 Å². The maximum absolute atomic E-state index is 11.8. The van der Waals surface area contributed by atoms with Crippen LogP contribution in [0.5, 0.6) is 0 Å². The van der Waals surface area contributed by atoms with E-state index in [0.717, 1.165) is 38.4 Å². The molecule has 29 heavy (non-hydrogen) atoms. The van der Waals surface area contributed by atoms with Crippen molar-refractivity contribution in [3.05, 3.63) is 0 Å². The van der Waals surface area contributed by atoms with Crippen molar-refractivity contribution >= 4 is 24.5 Å². The Bertz CT molecular complexity index is 406. The van der Waals surface area contributed by atoms with E-state index < -0.39 is 18.0 Å². The zero-order chi connectivity index (χ0) is 22.9. The first kappa shape index (κ1) is 31.7. The quantitative estimate of drug-likeness (QED) is 0.225. The van der Waals surface area contributed by atoms with Crippen molar-refractivity contribution in [2.75, 3.05) is 6.54 Å². The molecular formula is C21H44N4O4. The molecule has 0 spiro atoms. The Morgan fingerprint density at radius 3 is 2.03 bits per heavy atom.